The van der Waals surface area contributed by atoms with Crippen molar-refractivity contribution in [3.05, 3.63) is 56.5 Å². The van der Waals surface area contributed by atoms with E-state index >= 15 is 0 Å². The number of fused-ring (bicyclic) bond motifs is 1. The van der Waals surface area contributed by atoms with E-state index in [0.717, 1.165) is 47.7 Å². The van der Waals surface area contributed by atoms with Gasteiger partial charge in [-0.3, -0.25) is 4.79 Å². The molecule has 1 aromatic heterocycles. The molecule has 0 atom stereocenters. The minimum atomic E-state index is -4.47. The average Bonchev–Trinajstić information content (AvgIpc) is 3.02. The number of halogens is 3. The average molecular weight is 384 g/mol. The third-order valence-corrected chi connectivity index (χ3v) is 5.26. The largest absolute Gasteiger partial charge is 0.416 e. The molecule has 1 aliphatic heterocycles. The van der Waals surface area contributed by atoms with Gasteiger partial charge in [-0.25, -0.2) is 0 Å². The Bertz CT molecular complexity index is 757. The second kappa shape index (κ2) is 8.68. The Balaban J connectivity index is 2.32. The fourth-order valence-corrected chi connectivity index (χ4v) is 3.68. The van der Waals surface area contributed by atoms with Crippen LogP contribution < -0.4 is 10.6 Å². The van der Waals surface area contributed by atoms with Gasteiger partial charge in [-0.15, -0.1) is 11.3 Å². The molecule has 0 saturated heterocycles. The molecule has 0 aromatic carbocycles. The Labute approximate surface area is 155 Å². The lowest BCUT2D eigenvalue weighted by Gasteiger charge is -2.15. The Morgan fingerprint density at radius 1 is 1.38 bits per heavy atom. The highest BCUT2D eigenvalue weighted by atomic mass is 32.1. The normalized spacial score (nSPS) is 16.5. The zero-order valence-electron chi connectivity index (χ0n) is 15.1. The van der Waals surface area contributed by atoms with Crippen LogP contribution in [0.5, 0.6) is 0 Å². The van der Waals surface area contributed by atoms with Gasteiger partial charge in [0.2, 0.25) is 0 Å². The van der Waals surface area contributed by atoms with Gasteiger partial charge in [0.25, 0.3) is 5.91 Å². The highest BCUT2D eigenvalue weighted by Gasteiger charge is 2.31. The van der Waals surface area contributed by atoms with Crippen LogP contribution in [0.25, 0.3) is 0 Å². The lowest BCUT2D eigenvalue weighted by Crippen LogP contribution is -2.27. The summed E-state index contributed by atoms with van der Waals surface area (Å²) in [5, 5.41) is 7.69. The maximum atomic E-state index is 13.1. The number of alkyl halides is 3. The Kier molecular flexibility index (Phi) is 6.83. The summed E-state index contributed by atoms with van der Waals surface area (Å²) in [4.78, 5) is 13.8. The number of rotatable bonds is 5. The van der Waals surface area contributed by atoms with E-state index in [-0.39, 0.29) is 11.6 Å². The molecule has 7 heteroatoms. The van der Waals surface area contributed by atoms with Crippen molar-refractivity contribution in [1.82, 2.24) is 10.6 Å². The first-order valence-corrected chi connectivity index (χ1v) is 9.37. The third-order valence-electron chi connectivity index (χ3n) is 4.23. The van der Waals surface area contributed by atoms with Gasteiger partial charge in [0.1, 0.15) is 0 Å². The topological polar surface area (TPSA) is 41.1 Å². The van der Waals surface area contributed by atoms with Crippen LogP contribution in [-0.2, 0) is 13.0 Å². The Hall–Kier alpha value is -1.86. The van der Waals surface area contributed by atoms with Crippen molar-refractivity contribution in [2.45, 2.75) is 46.3 Å². The summed E-state index contributed by atoms with van der Waals surface area (Å²) >= 11 is 1.50. The lowest BCUT2D eigenvalue weighted by atomic mass is 10.0. The van der Waals surface area contributed by atoms with Gasteiger partial charge >= 0.3 is 6.18 Å². The molecule has 0 spiro atoms. The highest BCUT2D eigenvalue weighted by Crippen LogP contribution is 2.28. The number of allylic oxidation sites excluding steroid dienone is 5. The van der Waals surface area contributed by atoms with Crippen LogP contribution in [0.3, 0.4) is 0 Å². The Morgan fingerprint density at radius 2 is 2.12 bits per heavy atom. The number of carbonyl (C=O) groups is 1. The molecule has 2 rings (SSSR count). The summed E-state index contributed by atoms with van der Waals surface area (Å²) < 4.78 is 39.3. The predicted molar refractivity (Wildman–Crippen MR) is 99.1 cm³/mol. The minimum absolute atomic E-state index is 0.147. The quantitative estimate of drug-likeness (QED) is 0.711. The first-order chi connectivity index (χ1) is 12.3. The third kappa shape index (κ3) is 5.08. The van der Waals surface area contributed by atoms with E-state index in [1.165, 1.54) is 18.3 Å². The molecule has 1 amide bonds. The van der Waals surface area contributed by atoms with Crippen LogP contribution in [0.4, 0.5) is 13.2 Å². The molecular formula is C19H23F3N2OS. The van der Waals surface area contributed by atoms with Gasteiger partial charge < -0.3 is 10.6 Å². The number of amides is 1. The number of nitrogens with one attached hydrogen (secondary N) is 2. The highest BCUT2D eigenvalue weighted by molar-refractivity contribution is 7.10. The molecule has 0 aliphatic carbocycles. The van der Waals surface area contributed by atoms with Crippen molar-refractivity contribution in [2.24, 2.45) is 0 Å². The molecule has 26 heavy (non-hydrogen) atoms. The van der Waals surface area contributed by atoms with Crippen LogP contribution in [0.1, 0.15) is 48.0 Å². The monoisotopic (exact) mass is 384 g/mol. The van der Waals surface area contributed by atoms with Gasteiger partial charge in [0, 0.05) is 22.5 Å². The second-order valence-corrected chi connectivity index (χ2v) is 7.08. The standard InChI is InChI=1S/C19H23F3N2OS/c1-4-12(3)8-14(9-13(5-2)19(20,21)22)24-18(25)16-11-26-17-10-23-7-6-15(16)17/h5,8-9,11,23H,4,6-7,10H2,1-3H3,(H,24,25)/b12-8-,13-5+,14-9+. The van der Waals surface area contributed by atoms with Crippen molar-refractivity contribution >= 4 is 17.2 Å². The van der Waals surface area contributed by atoms with E-state index < -0.39 is 11.7 Å². The summed E-state index contributed by atoms with van der Waals surface area (Å²) in [5.41, 5.74) is 1.78. The van der Waals surface area contributed by atoms with Gasteiger partial charge in [0.15, 0.2) is 0 Å². The first-order valence-electron chi connectivity index (χ1n) is 8.50. The summed E-state index contributed by atoms with van der Waals surface area (Å²) in [6.45, 7) is 6.58. The molecule has 2 heterocycles. The fraction of sp³-hybridized carbons (Fsp3) is 0.421. The molecule has 1 aliphatic rings. The van der Waals surface area contributed by atoms with Crippen LogP contribution >= 0.6 is 11.3 Å². The van der Waals surface area contributed by atoms with Crippen molar-refractivity contribution < 1.29 is 18.0 Å². The summed E-state index contributed by atoms with van der Waals surface area (Å²) in [6, 6.07) is 0. The van der Waals surface area contributed by atoms with Crippen LogP contribution in [0.2, 0.25) is 0 Å². The minimum Gasteiger partial charge on any atom is -0.322 e. The van der Waals surface area contributed by atoms with E-state index in [2.05, 4.69) is 10.6 Å². The first kappa shape index (κ1) is 20.5. The molecule has 0 bridgehead atoms. The molecule has 0 unspecified atom stereocenters. The van der Waals surface area contributed by atoms with Crippen LogP contribution in [-0.4, -0.2) is 18.6 Å². The number of carbonyl (C=O) groups excluding carboxylic acids is 1. The van der Waals surface area contributed by atoms with Crippen LogP contribution in [0.15, 0.2) is 40.5 Å². The molecule has 0 saturated carbocycles. The zero-order chi connectivity index (χ0) is 19.3. The second-order valence-electron chi connectivity index (χ2n) is 6.12. The van der Waals surface area contributed by atoms with Gasteiger partial charge in [0.05, 0.1) is 11.1 Å². The molecule has 3 nitrogen and oxygen atoms in total. The number of hydrogen-bond acceptors (Lipinski definition) is 3. The van der Waals surface area contributed by atoms with Crippen molar-refractivity contribution in [3.63, 3.8) is 0 Å². The van der Waals surface area contributed by atoms with Crippen LogP contribution in [0, 0.1) is 0 Å². The molecule has 2 N–H and O–H groups in total. The Morgan fingerprint density at radius 3 is 2.73 bits per heavy atom. The number of hydrogen-bond donors (Lipinski definition) is 2. The summed E-state index contributed by atoms with van der Waals surface area (Å²) in [6.07, 6.45) is 0.535. The molecular weight excluding hydrogens is 361 g/mol. The lowest BCUT2D eigenvalue weighted by molar-refractivity contribution is -0.0884. The zero-order valence-corrected chi connectivity index (χ0v) is 15.9. The van der Waals surface area contributed by atoms with E-state index in [1.54, 1.807) is 11.5 Å². The van der Waals surface area contributed by atoms with E-state index in [1.807, 2.05) is 13.8 Å². The van der Waals surface area contributed by atoms with Gasteiger partial charge in [-0.2, -0.15) is 13.2 Å². The molecule has 142 valence electrons. The summed E-state index contributed by atoms with van der Waals surface area (Å²) in [7, 11) is 0. The van der Waals surface area contributed by atoms with E-state index in [4.69, 9.17) is 0 Å². The molecule has 0 fully saturated rings. The van der Waals surface area contributed by atoms with Gasteiger partial charge in [-0.1, -0.05) is 18.6 Å². The molecule has 0 radical (unpaired) electrons. The summed E-state index contributed by atoms with van der Waals surface area (Å²) in [5.74, 6) is -0.367. The van der Waals surface area contributed by atoms with Gasteiger partial charge in [-0.05, 0) is 50.9 Å². The fourth-order valence-electron chi connectivity index (χ4n) is 2.63. The molecule has 1 aromatic rings. The maximum Gasteiger partial charge on any atom is 0.416 e. The maximum absolute atomic E-state index is 13.1. The predicted octanol–water partition coefficient (Wildman–Crippen LogP) is 4.87. The van der Waals surface area contributed by atoms with Crippen molar-refractivity contribution in [2.75, 3.05) is 6.54 Å². The van der Waals surface area contributed by atoms with E-state index in [0.29, 0.717) is 12.0 Å². The van der Waals surface area contributed by atoms with Crippen molar-refractivity contribution in [1.29, 1.82) is 0 Å². The smallest absolute Gasteiger partial charge is 0.322 e. The van der Waals surface area contributed by atoms with Crippen molar-refractivity contribution in [3.8, 4) is 0 Å². The number of thiophene rings is 1. The SMILES string of the molecule is C\C=C(/C=C(\C=C(\C)CC)NC(=O)c1csc2c1CCNC2)C(F)(F)F. The van der Waals surface area contributed by atoms with E-state index in [9.17, 15) is 18.0 Å².